The smallest absolute Gasteiger partial charge is 0.172 e. The molecule has 28 heavy (non-hydrogen) atoms. The first-order chi connectivity index (χ1) is 13.0. The van der Waals surface area contributed by atoms with E-state index in [-0.39, 0.29) is 11.5 Å². The van der Waals surface area contributed by atoms with Crippen LogP contribution in [-0.2, 0) is 11.2 Å². The maximum absolute atomic E-state index is 13.3. The molecule has 0 saturated heterocycles. The fourth-order valence-corrected chi connectivity index (χ4v) is 4.83. The summed E-state index contributed by atoms with van der Waals surface area (Å²) in [5.41, 5.74) is 2.98. The van der Waals surface area contributed by atoms with Gasteiger partial charge in [0.05, 0.1) is 5.57 Å². The van der Waals surface area contributed by atoms with Crippen LogP contribution in [0.1, 0.15) is 52.2 Å². The van der Waals surface area contributed by atoms with Gasteiger partial charge in [0, 0.05) is 26.4 Å². The summed E-state index contributed by atoms with van der Waals surface area (Å²) >= 11 is 12.4. The first kappa shape index (κ1) is 21.0. The highest BCUT2D eigenvalue weighted by Gasteiger charge is 2.46. The molecule has 0 aromatic heterocycles. The minimum Gasteiger partial charge on any atom is -0.511 e. The normalized spacial score (nSPS) is 18.5. The van der Waals surface area contributed by atoms with Crippen LogP contribution in [0.25, 0.3) is 16.7 Å². The van der Waals surface area contributed by atoms with Gasteiger partial charge >= 0.3 is 0 Å². The third-order valence-corrected chi connectivity index (χ3v) is 6.15. The third-order valence-electron chi connectivity index (χ3n) is 5.61. The highest BCUT2D eigenvalue weighted by molar-refractivity contribution is 6.36. The van der Waals surface area contributed by atoms with Crippen molar-refractivity contribution < 1.29 is 9.90 Å². The quantitative estimate of drug-likeness (QED) is 0.561. The van der Waals surface area contributed by atoms with Crippen LogP contribution in [0.4, 0.5) is 0 Å². The van der Waals surface area contributed by atoms with Crippen molar-refractivity contribution in [3.8, 4) is 11.1 Å². The van der Waals surface area contributed by atoms with Gasteiger partial charge in [0.25, 0.3) is 0 Å². The van der Waals surface area contributed by atoms with E-state index < -0.39 is 10.8 Å². The summed E-state index contributed by atoms with van der Waals surface area (Å²) in [6.45, 7) is 9.93. The Morgan fingerprint density at radius 1 is 0.964 bits per heavy atom. The molecule has 0 radical (unpaired) electrons. The second-order valence-electron chi connectivity index (χ2n) is 8.85. The minimum atomic E-state index is -0.538. The van der Waals surface area contributed by atoms with Crippen LogP contribution in [-0.4, -0.2) is 10.9 Å². The number of carbonyl (C=O) groups is 1. The molecule has 0 unspecified atom stereocenters. The van der Waals surface area contributed by atoms with E-state index in [0.29, 0.717) is 22.0 Å². The number of allylic oxidation sites excluding steroid dienone is 2. The maximum atomic E-state index is 13.3. The van der Waals surface area contributed by atoms with Gasteiger partial charge in [0.1, 0.15) is 5.76 Å². The fraction of sp³-hybridized carbons (Fsp3) is 0.375. The number of aliphatic hydroxyl groups excluding tert-OH is 1. The second kappa shape index (κ2) is 7.24. The molecule has 3 rings (SSSR count). The summed E-state index contributed by atoms with van der Waals surface area (Å²) in [5.74, 6) is 0.157. The Labute approximate surface area is 177 Å². The number of hydrogen-bond acceptors (Lipinski definition) is 2. The van der Waals surface area contributed by atoms with Gasteiger partial charge < -0.3 is 5.11 Å². The number of ketones is 1. The Morgan fingerprint density at radius 3 is 2.25 bits per heavy atom. The average molecular weight is 417 g/mol. The van der Waals surface area contributed by atoms with Crippen molar-refractivity contribution in [2.24, 2.45) is 10.8 Å². The van der Waals surface area contributed by atoms with Crippen LogP contribution in [0.3, 0.4) is 0 Å². The lowest BCUT2D eigenvalue weighted by Gasteiger charge is -2.40. The van der Waals surface area contributed by atoms with Crippen molar-refractivity contribution in [2.45, 2.75) is 47.5 Å². The zero-order valence-corrected chi connectivity index (χ0v) is 18.5. The predicted molar refractivity (Wildman–Crippen MR) is 118 cm³/mol. The predicted octanol–water partition coefficient (Wildman–Crippen LogP) is 7.52. The molecule has 2 aromatic carbocycles. The minimum absolute atomic E-state index is 0.0154. The van der Waals surface area contributed by atoms with Crippen molar-refractivity contribution in [3.05, 3.63) is 63.3 Å². The molecule has 0 bridgehead atoms. The first-order valence-electron chi connectivity index (χ1n) is 9.55. The molecule has 2 aromatic rings. The lowest BCUT2D eigenvalue weighted by molar-refractivity contribution is -0.124. The zero-order chi connectivity index (χ0) is 20.9. The number of rotatable bonds is 3. The Kier molecular flexibility index (Phi) is 5.42. The van der Waals surface area contributed by atoms with Crippen molar-refractivity contribution in [2.75, 3.05) is 0 Å². The largest absolute Gasteiger partial charge is 0.511 e. The molecule has 0 saturated carbocycles. The topological polar surface area (TPSA) is 37.3 Å². The number of aliphatic hydroxyl groups is 1. The summed E-state index contributed by atoms with van der Waals surface area (Å²) in [6.07, 6.45) is 1.37. The molecule has 0 atom stereocenters. The highest BCUT2D eigenvalue weighted by Crippen LogP contribution is 2.49. The molecule has 0 spiro atoms. The molecule has 2 nitrogen and oxygen atoms in total. The monoisotopic (exact) mass is 416 g/mol. The van der Waals surface area contributed by atoms with Crippen LogP contribution >= 0.6 is 23.2 Å². The number of benzene rings is 2. The van der Waals surface area contributed by atoms with E-state index >= 15 is 0 Å². The molecule has 148 valence electrons. The number of hydrogen-bond donors (Lipinski definition) is 1. The number of carbonyl (C=O) groups excluding carboxylic acids is 1. The van der Waals surface area contributed by atoms with Gasteiger partial charge in [-0.2, -0.15) is 0 Å². The molecule has 0 aliphatic heterocycles. The van der Waals surface area contributed by atoms with Crippen LogP contribution < -0.4 is 0 Å². The van der Waals surface area contributed by atoms with Gasteiger partial charge in [-0.15, -0.1) is 0 Å². The summed E-state index contributed by atoms with van der Waals surface area (Å²) < 4.78 is 0. The van der Waals surface area contributed by atoms with Crippen molar-refractivity contribution in [1.82, 2.24) is 0 Å². The van der Waals surface area contributed by atoms with Crippen LogP contribution in [0, 0.1) is 10.8 Å². The number of Topliss-reactive ketones (excluding diaryl/α,β-unsaturated/α-hetero) is 1. The third kappa shape index (κ3) is 3.60. The lowest BCUT2D eigenvalue weighted by atomic mass is 9.63. The Hall–Kier alpha value is -1.77. The number of aryl methyl sites for hydroxylation is 1. The molecule has 4 heteroatoms. The summed E-state index contributed by atoms with van der Waals surface area (Å²) in [4.78, 5) is 13.3. The Morgan fingerprint density at radius 2 is 1.64 bits per heavy atom. The van der Waals surface area contributed by atoms with Crippen molar-refractivity contribution >= 4 is 34.6 Å². The van der Waals surface area contributed by atoms with E-state index in [1.54, 1.807) is 12.1 Å². The maximum Gasteiger partial charge on any atom is 0.172 e. The lowest BCUT2D eigenvalue weighted by Crippen LogP contribution is -2.38. The standard InChI is InChI=1S/C24H26Cl2O2/c1-6-14-7-8-15(17-10-9-16(25)12-19(17)26)11-18(14)20-21(27)23(2,3)13-24(4,5)22(20)28/h7-12,27H,6,13H2,1-5H3. The van der Waals surface area contributed by atoms with Crippen LogP contribution in [0.5, 0.6) is 0 Å². The van der Waals surface area contributed by atoms with E-state index in [0.717, 1.165) is 28.7 Å². The molecular formula is C24H26Cl2O2. The fourth-order valence-electron chi connectivity index (χ4n) is 4.31. The molecule has 1 aliphatic carbocycles. The van der Waals surface area contributed by atoms with E-state index in [2.05, 4.69) is 6.92 Å². The van der Waals surface area contributed by atoms with Gasteiger partial charge in [-0.25, -0.2) is 0 Å². The summed E-state index contributed by atoms with van der Waals surface area (Å²) in [6, 6.07) is 11.4. The Bertz CT molecular complexity index is 984. The molecular weight excluding hydrogens is 391 g/mol. The van der Waals surface area contributed by atoms with Crippen LogP contribution in [0.2, 0.25) is 10.0 Å². The van der Waals surface area contributed by atoms with Crippen LogP contribution in [0.15, 0.2) is 42.2 Å². The molecule has 1 aliphatic rings. The van der Waals surface area contributed by atoms with E-state index in [1.165, 1.54) is 0 Å². The van der Waals surface area contributed by atoms with E-state index in [1.807, 2.05) is 52.0 Å². The SMILES string of the molecule is CCc1ccc(-c2ccc(Cl)cc2Cl)cc1C1=C(O)C(C)(C)CC(C)(C)C1=O. The second-order valence-corrected chi connectivity index (χ2v) is 9.69. The van der Waals surface area contributed by atoms with Gasteiger partial charge in [0.2, 0.25) is 0 Å². The van der Waals surface area contributed by atoms with Crippen molar-refractivity contribution in [1.29, 1.82) is 0 Å². The molecule has 0 amide bonds. The molecule has 0 heterocycles. The molecule has 0 fully saturated rings. The average Bonchev–Trinajstić information content (AvgIpc) is 2.60. The zero-order valence-electron chi connectivity index (χ0n) is 17.0. The Balaban J connectivity index is 2.27. The van der Waals surface area contributed by atoms with Gasteiger partial charge in [-0.1, -0.05) is 76.0 Å². The number of halogens is 2. The van der Waals surface area contributed by atoms with Gasteiger partial charge in [0.15, 0.2) is 5.78 Å². The van der Waals surface area contributed by atoms with E-state index in [9.17, 15) is 9.90 Å². The highest BCUT2D eigenvalue weighted by atomic mass is 35.5. The van der Waals surface area contributed by atoms with E-state index in [4.69, 9.17) is 23.2 Å². The molecule has 1 N–H and O–H groups in total. The summed E-state index contributed by atoms with van der Waals surface area (Å²) in [7, 11) is 0. The first-order valence-corrected chi connectivity index (χ1v) is 10.3. The van der Waals surface area contributed by atoms with Gasteiger partial charge in [-0.05, 0) is 47.7 Å². The summed E-state index contributed by atoms with van der Waals surface area (Å²) in [5, 5.41) is 12.2. The van der Waals surface area contributed by atoms with Gasteiger partial charge in [-0.3, -0.25) is 4.79 Å². The van der Waals surface area contributed by atoms with Crippen molar-refractivity contribution in [3.63, 3.8) is 0 Å².